The standard InChI is InChI=1S/C19H18ClN3OS/c1-19(2,3)13-10-8-12(9-11-13)17-22-23-18(25-17)21-16(24)14-6-4-5-7-15(14)20/h4-11H,1-3H3,(H,21,23,24). The molecule has 1 heterocycles. The molecule has 0 aliphatic carbocycles. The summed E-state index contributed by atoms with van der Waals surface area (Å²) in [6, 6.07) is 15.1. The van der Waals surface area contributed by atoms with Crippen LogP contribution in [0.5, 0.6) is 0 Å². The molecule has 4 nitrogen and oxygen atoms in total. The number of hydrogen-bond acceptors (Lipinski definition) is 4. The van der Waals surface area contributed by atoms with E-state index in [1.165, 1.54) is 16.9 Å². The zero-order chi connectivity index (χ0) is 18.0. The van der Waals surface area contributed by atoms with Gasteiger partial charge in [-0.25, -0.2) is 0 Å². The molecule has 0 saturated carbocycles. The summed E-state index contributed by atoms with van der Waals surface area (Å²) in [5.41, 5.74) is 2.75. The Hall–Kier alpha value is -2.24. The van der Waals surface area contributed by atoms with Gasteiger partial charge in [0.2, 0.25) is 5.13 Å². The average Bonchev–Trinajstić information content (AvgIpc) is 3.03. The molecule has 6 heteroatoms. The van der Waals surface area contributed by atoms with Crippen molar-refractivity contribution < 1.29 is 4.79 Å². The van der Waals surface area contributed by atoms with Gasteiger partial charge < -0.3 is 0 Å². The second-order valence-electron chi connectivity index (χ2n) is 6.67. The maximum absolute atomic E-state index is 12.3. The van der Waals surface area contributed by atoms with E-state index in [1.54, 1.807) is 24.3 Å². The SMILES string of the molecule is CC(C)(C)c1ccc(-c2nnc(NC(=O)c3ccccc3Cl)s2)cc1. The summed E-state index contributed by atoms with van der Waals surface area (Å²) in [5, 5.41) is 12.6. The number of carbonyl (C=O) groups excluding carboxylic acids is 1. The molecule has 0 unspecified atom stereocenters. The predicted octanol–water partition coefficient (Wildman–Crippen LogP) is 5.41. The molecule has 3 rings (SSSR count). The van der Waals surface area contributed by atoms with Crippen molar-refractivity contribution in [2.75, 3.05) is 5.32 Å². The maximum Gasteiger partial charge on any atom is 0.259 e. The van der Waals surface area contributed by atoms with Gasteiger partial charge in [0.05, 0.1) is 10.6 Å². The molecule has 0 spiro atoms. The van der Waals surface area contributed by atoms with Gasteiger partial charge in [0.1, 0.15) is 5.01 Å². The van der Waals surface area contributed by atoms with E-state index >= 15 is 0 Å². The third-order valence-electron chi connectivity index (χ3n) is 3.76. The molecule has 0 fully saturated rings. The third kappa shape index (κ3) is 4.06. The molecule has 0 radical (unpaired) electrons. The Balaban J connectivity index is 1.76. The summed E-state index contributed by atoms with van der Waals surface area (Å²) in [5.74, 6) is -0.295. The first-order valence-corrected chi connectivity index (χ1v) is 9.04. The smallest absolute Gasteiger partial charge is 0.259 e. The topological polar surface area (TPSA) is 54.9 Å². The Kier molecular flexibility index (Phi) is 4.88. The molecule has 0 bridgehead atoms. The van der Waals surface area contributed by atoms with E-state index in [9.17, 15) is 4.79 Å². The minimum atomic E-state index is -0.295. The molecule has 0 atom stereocenters. The Morgan fingerprint density at radius 3 is 2.36 bits per heavy atom. The van der Waals surface area contributed by atoms with Crippen molar-refractivity contribution in [3.8, 4) is 10.6 Å². The number of nitrogens with zero attached hydrogens (tertiary/aromatic N) is 2. The molecule has 0 saturated heterocycles. The van der Waals surface area contributed by atoms with Crippen LogP contribution in [0.15, 0.2) is 48.5 Å². The van der Waals surface area contributed by atoms with Crippen LogP contribution in [0.4, 0.5) is 5.13 Å². The molecular formula is C19H18ClN3OS. The first-order chi connectivity index (χ1) is 11.8. The van der Waals surface area contributed by atoms with Crippen molar-refractivity contribution in [1.82, 2.24) is 10.2 Å². The molecule has 1 N–H and O–H groups in total. The van der Waals surface area contributed by atoms with Gasteiger partial charge in [-0.2, -0.15) is 0 Å². The second-order valence-corrected chi connectivity index (χ2v) is 8.06. The van der Waals surface area contributed by atoms with Gasteiger partial charge in [-0.3, -0.25) is 10.1 Å². The normalized spacial score (nSPS) is 11.4. The van der Waals surface area contributed by atoms with Crippen LogP contribution in [0.1, 0.15) is 36.7 Å². The molecule has 3 aromatic rings. The van der Waals surface area contributed by atoms with E-state index in [0.29, 0.717) is 15.7 Å². The largest absolute Gasteiger partial charge is 0.296 e. The van der Waals surface area contributed by atoms with Crippen molar-refractivity contribution in [3.05, 3.63) is 64.7 Å². The Morgan fingerprint density at radius 1 is 1.04 bits per heavy atom. The number of amides is 1. The number of benzene rings is 2. The number of nitrogens with one attached hydrogen (secondary N) is 1. The maximum atomic E-state index is 12.3. The number of aromatic nitrogens is 2. The highest BCUT2D eigenvalue weighted by Crippen LogP contribution is 2.29. The molecule has 128 valence electrons. The summed E-state index contributed by atoms with van der Waals surface area (Å²) in [6.07, 6.45) is 0. The monoisotopic (exact) mass is 371 g/mol. The van der Waals surface area contributed by atoms with Gasteiger partial charge in [0, 0.05) is 5.56 Å². The van der Waals surface area contributed by atoms with E-state index in [-0.39, 0.29) is 11.3 Å². The summed E-state index contributed by atoms with van der Waals surface area (Å²) in [4.78, 5) is 12.3. The highest BCUT2D eigenvalue weighted by Gasteiger charge is 2.15. The predicted molar refractivity (Wildman–Crippen MR) is 103 cm³/mol. The Morgan fingerprint density at radius 2 is 1.72 bits per heavy atom. The van der Waals surface area contributed by atoms with E-state index in [2.05, 4.69) is 48.4 Å². The first kappa shape index (κ1) is 17.6. The van der Waals surface area contributed by atoms with Crippen LogP contribution < -0.4 is 5.32 Å². The Labute approximate surface area is 155 Å². The number of anilines is 1. The van der Waals surface area contributed by atoms with Crippen molar-refractivity contribution >= 4 is 34.0 Å². The summed E-state index contributed by atoms with van der Waals surface area (Å²) >= 11 is 7.38. The number of carbonyl (C=O) groups is 1. The van der Waals surface area contributed by atoms with Crippen LogP contribution in [0.2, 0.25) is 5.02 Å². The van der Waals surface area contributed by atoms with Crippen molar-refractivity contribution in [1.29, 1.82) is 0 Å². The zero-order valence-electron chi connectivity index (χ0n) is 14.2. The van der Waals surface area contributed by atoms with Crippen molar-refractivity contribution in [2.45, 2.75) is 26.2 Å². The second kappa shape index (κ2) is 6.94. The summed E-state index contributed by atoms with van der Waals surface area (Å²) < 4.78 is 0. The number of hydrogen-bond donors (Lipinski definition) is 1. The van der Waals surface area contributed by atoms with E-state index in [4.69, 9.17) is 11.6 Å². The lowest BCUT2D eigenvalue weighted by Crippen LogP contribution is -2.12. The highest BCUT2D eigenvalue weighted by atomic mass is 35.5. The average molecular weight is 372 g/mol. The van der Waals surface area contributed by atoms with E-state index < -0.39 is 0 Å². The van der Waals surface area contributed by atoms with Gasteiger partial charge >= 0.3 is 0 Å². The number of rotatable bonds is 3. The van der Waals surface area contributed by atoms with Gasteiger partial charge in [-0.1, -0.05) is 80.1 Å². The lowest BCUT2D eigenvalue weighted by atomic mass is 9.87. The molecule has 0 aliphatic rings. The molecule has 0 aliphatic heterocycles. The van der Waals surface area contributed by atoms with Crippen LogP contribution in [-0.2, 0) is 5.41 Å². The fraction of sp³-hybridized carbons (Fsp3) is 0.211. The zero-order valence-corrected chi connectivity index (χ0v) is 15.8. The number of halogens is 1. The Bertz CT molecular complexity index is 898. The van der Waals surface area contributed by atoms with E-state index in [0.717, 1.165) is 10.6 Å². The lowest BCUT2D eigenvalue weighted by Gasteiger charge is -2.18. The molecule has 25 heavy (non-hydrogen) atoms. The lowest BCUT2D eigenvalue weighted by molar-refractivity contribution is 0.102. The highest BCUT2D eigenvalue weighted by molar-refractivity contribution is 7.18. The minimum Gasteiger partial charge on any atom is -0.296 e. The van der Waals surface area contributed by atoms with Crippen LogP contribution in [0.3, 0.4) is 0 Å². The molecule has 2 aromatic carbocycles. The van der Waals surface area contributed by atoms with Crippen LogP contribution in [0, 0.1) is 0 Å². The molecule has 1 aromatic heterocycles. The fourth-order valence-electron chi connectivity index (χ4n) is 2.31. The van der Waals surface area contributed by atoms with Gasteiger partial charge in [-0.15, -0.1) is 10.2 Å². The quantitative estimate of drug-likeness (QED) is 0.669. The molecule has 1 amide bonds. The van der Waals surface area contributed by atoms with Gasteiger partial charge in [-0.05, 0) is 23.1 Å². The minimum absolute atomic E-state index is 0.105. The van der Waals surface area contributed by atoms with Crippen molar-refractivity contribution in [2.24, 2.45) is 0 Å². The van der Waals surface area contributed by atoms with Crippen LogP contribution in [-0.4, -0.2) is 16.1 Å². The van der Waals surface area contributed by atoms with Crippen LogP contribution >= 0.6 is 22.9 Å². The first-order valence-electron chi connectivity index (χ1n) is 7.85. The van der Waals surface area contributed by atoms with Gasteiger partial charge in [0.15, 0.2) is 0 Å². The molecular weight excluding hydrogens is 354 g/mol. The summed E-state index contributed by atoms with van der Waals surface area (Å²) in [7, 11) is 0. The van der Waals surface area contributed by atoms with Crippen molar-refractivity contribution in [3.63, 3.8) is 0 Å². The fourth-order valence-corrected chi connectivity index (χ4v) is 3.28. The van der Waals surface area contributed by atoms with Crippen LogP contribution in [0.25, 0.3) is 10.6 Å². The van der Waals surface area contributed by atoms with E-state index in [1.807, 2.05) is 12.1 Å². The summed E-state index contributed by atoms with van der Waals surface area (Å²) in [6.45, 7) is 6.53. The van der Waals surface area contributed by atoms with Gasteiger partial charge in [0.25, 0.3) is 5.91 Å². The third-order valence-corrected chi connectivity index (χ3v) is 4.98.